The van der Waals surface area contributed by atoms with Crippen molar-refractivity contribution in [1.82, 2.24) is 4.98 Å². The first kappa shape index (κ1) is 14.2. The fourth-order valence-electron chi connectivity index (χ4n) is 1.51. The Hall–Kier alpha value is -0.900. The predicted molar refractivity (Wildman–Crippen MR) is 79.1 cm³/mol. The van der Waals surface area contributed by atoms with Crippen molar-refractivity contribution in [3.63, 3.8) is 0 Å². The van der Waals surface area contributed by atoms with Crippen molar-refractivity contribution in [1.29, 1.82) is 0 Å². The first-order chi connectivity index (χ1) is 8.26. The molecule has 17 heavy (non-hydrogen) atoms. The molecule has 1 unspecified atom stereocenters. The second-order valence-corrected chi connectivity index (χ2v) is 5.41. The summed E-state index contributed by atoms with van der Waals surface area (Å²) in [4.78, 5) is 4.24. The maximum atomic E-state index is 4.24. The Morgan fingerprint density at radius 2 is 2.06 bits per heavy atom. The molecule has 1 atom stereocenters. The van der Waals surface area contributed by atoms with E-state index in [2.05, 4.69) is 42.5 Å². The predicted octanol–water partition coefficient (Wildman–Crippen LogP) is 3.46. The van der Waals surface area contributed by atoms with Crippen LogP contribution in [0.15, 0.2) is 18.5 Å². The van der Waals surface area contributed by atoms with Crippen molar-refractivity contribution >= 4 is 23.1 Å². The summed E-state index contributed by atoms with van der Waals surface area (Å²) in [6, 6.07) is 2.60. The van der Waals surface area contributed by atoms with Gasteiger partial charge in [-0.15, -0.1) is 0 Å². The van der Waals surface area contributed by atoms with E-state index in [1.54, 1.807) is 0 Å². The zero-order valence-corrected chi connectivity index (χ0v) is 11.8. The molecule has 1 rings (SSSR count). The Labute approximate surface area is 109 Å². The van der Waals surface area contributed by atoms with E-state index in [1.807, 2.05) is 24.2 Å². The lowest BCUT2D eigenvalue weighted by Gasteiger charge is -2.15. The number of hydrogen-bond acceptors (Lipinski definition) is 4. The first-order valence-corrected chi connectivity index (χ1v) is 7.45. The summed E-state index contributed by atoms with van der Waals surface area (Å²) in [5.74, 6) is 2.30. The lowest BCUT2D eigenvalue weighted by molar-refractivity contribution is 0.910. The van der Waals surface area contributed by atoms with Gasteiger partial charge in [-0.25, -0.2) is 0 Å². The molecule has 0 amide bonds. The van der Waals surface area contributed by atoms with Crippen molar-refractivity contribution in [2.24, 2.45) is 0 Å². The van der Waals surface area contributed by atoms with Gasteiger partial charge in [-0.05, 0) is 25.2 Å². The summed E-state index contributed by atoms with van der Waals surface area (Å²) in [5.41, 5.74) is 2.18. The Morgan fingerprint density at radius 1 is 1.29 bits per heavy atom. The van der Waals surface area contributed by atoms with E-state index in [0.29, 0.717) is 6.04 Å². The molecule has 0 spiro atoms. The maximum Gasteiger partial charge on any atom is 0.0549 e. The van der Waals surface area contributed by atoms with Crippen LogP contribution in [0.25, 0.3) is 0 Å². The Balaban J connectivity index is 2.47. The molecule has 1 heterocycles. The number of aromatic nitrogens is 1. The molecule has 1 aromatic rings. The van der Waals surface area contributed by atoms with Gasteiger partial charge in [-0.1, -0.05) is 13.8 Å². The minimum absolute atomic E-state index is 0.475. The quantitative estimate of drug-likeness (QED) is 0.744. The van der Waals surface area contributed by atoms with Crippen LogP contribution in [0.4, 0.5) is 11.4 Å². The first-order valence-electron chi connectivity index (χ1n) is 6.29. The van der Waals surface area contributed by atoms with Gasteiger partial charge in [-0.3, -0.25) is 4.98 Å². The van der Waals surface area contributed by atoms with Crippen LogP contribution in [-0.4, -0.2) is 29.1 Å². The van der Waals surface area contributed by atoms with Crippen LogP contribution in [-0.2, 0) is 0 Å². The summed E-state index contributed by atoms with van der Waals surface area (Å²) < 4.78 is 0. The fraction of sp³-hybridized carbons (Fsp3) is 0.615. The summed E-state index contributed by atoms with van der Waals surface area (Å²) in [6.45, 7) is 7.54. The molecular formula is C13H23N3S. The third-order valence-electron chi connectivity index (χ3n) is 2.30. The third-order valence-corrected chi connectivity index (χ3v) is 3.45. The zero-order chi connectivity index (χ0) is 12.5. The summed E-state index contributed by atoms with van der Waals surface area (Å²) in [5, 5.41) is 6.81. The van der Waals surface area contributed by atoms with Gasteiger partial charge in [0.25, 0.3) is 0 Å². The molecule has 0 aliphatic rings. The largest absolute Gasteiger partial charge is 0.384 e. The Bertz CT molecular complexity index is 317. The standard InChI is InChI=1S/C13H23N3S/c1-4-6-15-12-7-13(9-14-8-12)16-11(3)10-17-5-2/h7-9,11,15-16H,4-6,10H2,1-3H3. The van der Waals surface area contributed by atoms with Crippen LogP contribution in [0.1, 0.15) is 27.2 Å². The summed E-state index contributed by atoms with van der Waals surface area (Å²) in [7, 11) is 0. The van der Waals surface area contributed by atoms with E-state index >= 15 is 0 Å². The normalized spacial score (nSPS) is 12.2. The molecule has 0 saturated heterocycles. The van der Waals surface area contributed by atoms with Gasteiger partial charge >= 0.3 is 0 Å². The van der Waals surface area contributed by atoms with E-state index in [9.17, 15) is 0 Å². The minimum atomic E-state index is 0.475. The molecule has 0 aliphatic carbocycles. The highest BCUT2D eigenvalue weighted by Gasteiger charge is 2.02. The Kier molecular flexibility index (Phi) is 6.86. The van der Waals surface area contributed by atoms with Crippen LogP contribution in [0.5, 0.6) is 0 Å². The van der Waals surface area contributed by atoms with E-state index in [0.717, 1.165) is 30.1 Å². The number of anilines is 2. The highest BCUT2D eigenvalue weighted by molar-refractivity contribution is 7.99. The lowest BCUT2D eigenvalue weighted by Crippen LogP contribution is -2.18. The van der Waals surface area contributed by atoms with Gasteiger partial charge in [0, 0.05) is 18.3 Å². The van der Waals surface area contributed by atoms with E-state index in [-0.39, 0.29) is 0 Å². The van der Waals surface area contributed by atoms with Crippen LogP contribution in [0.2, 0.25) is 0 Å². The molecule has 0 saturated carbocycles. The van der Waals surface area contributed by atoms with Crippen LogP contribution in [0.3, 0.4) is 0 Å². The van der Waals surface area contributed by atoms with E-state index < -0.39 is 0 Å². The van der Waals surface area contributed by atoms with Gasteiger partial charge < -0.3 is 10.6 Å². The van der Waals surface area contributed by atoms with E-state index in [4.69, 9.17) is 0 Å². The molecule has 4 heteroatoms. The van der Waals surface area contributed by atoms with Crippen molar-refractivity contribution in [3.05, 3.63) is 18.5 Å². The maximum absolute atomic E-state index is 4.24. The van der Waals surface area contributed by atoms with Gasteiger partial charge in [0.15, 0.2) is 0 Å². The lowest BCUT2D eigenvalue weighted by atomic mass is 10.3. The monoisotopic (exact) mass is 253 g/mol. The number of pyridine rings is 1. The van der Waals surface area contributed by atoms with E-state index in [1.165, 1.54) is 5.75 Å². The number of nitrogens with one attached hydrogen (secondary N) is 2. The summed E-state index contributed by atoms with van der Waals surface area (Å²) in [6.07, 6.45) is 4.87. The second-order valence-electron chi connectivity index (χ2n) is 4.09. The topological polar surface area (TPSA) is 37.0 Å². The average Bonchev–Trinajstić information content (AvgIpc) is 2.34. The molecule has 0 bridgehead atoms. The molecule has 96 valence electrons. The molecule has 0 aliphatic heterocycles. The molecule has 2 N–H and O–H groups in total. The average molecular weight is 253 g/mol. The van der Waals surface area contributed by atoms with Crippen molar-refractivity contribution < 1.29 is 0 Å². The number of thioether (sulfide) groups is 1. The third kappa shape index (κ3) is 5.82. The summed E-state index contributed by atoms with van der Waals surface area (Å²) >= 11 is 1.96. The second kappa shape index (κ2) is 8.23. The van der Waals surface area contributed by atoms with Gasteiger partial charge in [0.05, 0.1) is 23.8 Å². The van der Waals surface area contributed by atoms with Gasteiger partial charge in [0.1, 0.15) is 0 Å². The van der Waals surface area contributed by atoms with Gasteiger partial charge in [-0.2, -0.15) is 11.8 Å². The minimum Gasteiger partial charge on any atom is -0.384 e. The zero-order valence-electron chi connectivity index (χ0n) is 11.0. The van der Waals surface area contributed by atoms with Crippen molar-refractivity contribution in [2.45, 2.75) is 33.2 Å². The molecular weight excluding hydrogens is 230 g/mol. The molecule has 0 fully saturated rings. The number of hydrogen-bond donors (Lipinski definition) is 2. The fourth-order valence-corrected chi connectivity index (χ4v) is 2.18. The molecule has 3 nitrogen and oxygen atoms in total. The van der Waals surface area contributed by atoms with Gasteiger partial charge in [0.2, 0.25) is 0 Å². The SMILES string of the molecule is CCCNc1cncc(NC(C)CSCC)c1. The van der Waals surface area contributed by atoms with Crippen molar-refractivity contribution in [3.8, 4) is 0 Å². The smallest absolute Gasteiger partial charge is 0.0549 e. The van der Waals surface area contributed by atoms with Crippen LogP contribution < -0.4 is 10.6 Å². The highest BCUT2D eigenvalue weighted by Crippen LogP contribution is 2.15. The molecule has 1 aromatic heterocycles. The number of nitrogens with zero attached hydrogens (tertiary/aromatic N) is 1. The van der Waals surface area contributed by atoms with Crippen molar-refractivity contribution in [2.75, 3.05) is 28.7 Å². The highest BCUT2D eigenvalue weighted by atomic mass is 32.2. The molecule has 0 radical (unpaired) electrons. The van der Waals surface area contributed by atoms with Crippen LogP contribution in [0, 0.1) is 0 Å². The molecule has 0 aromatic carbocycles. The van der Waals surface area contributed by atoms with Crippen LogP contribution >= 0.6 is 11.8 Å². The Morgan fingerprint density at radius 3 is 2.76 bits per heavy atom. The number of rotatable bonds is 8.